The van der Waals surface area contributed by atoms with Crippen molar-refractivity contribution in [2.24, 2.45) is 0 Å². The maximum Gasteiger partial charge on any atom is 0.254 e. The average molecular weight is 428 g/mol. The maximum atomic E-state index is 13.4. The molecule has 0 spiro atoms. The number of furan rings is 1. The fourth-order valence-corrected chi connectivity index (χ4v) is 6.77. The summed E-state index contributed by atoms with van der Waals surface area (Å²) in [5.41, 5.74) is 2.10. The lowest BCUT2D eigenvalue weighted by molar-refractivity contribution is 0.0933. The normalized spacial score (nSPS) is 17.9. The first-order valence-corrected chi connectivity index (χ1v) is 12.2. The number of carbonyl (C=O) groups excluding carboxylic acids is 1. The highest BCUT2D eigenvalue weighted by molar-refractivity contribution is 7.98. The number of hydrogen-bond donors (Lipinski definition) is 1. The lowest BCUT2D eigenvalue weighted by Crippen LogP contribution is -2.37. The molecule has 1 saturated heterocycles. The van der Waals surface area contributed by atoms with Gasteiger partial charge in [0, 0.05) is 29.6 Å². The zero-order chi connectivity index (χ0) is 19.6. The van der Waals surface area contributed by atoms with Gasteiger partial charge in [0.2, 0.25) is 0 Å². The molecule has 0 aliphatic carbocycles. The van der Waals surface area contributed by atoms with E-state index in [-0.39, 0.29) is 11.9 Å². The van der Waals surface area contributed by atoms with Crippen molar-refractivity contribution >= 4 is 29.0 Å². The van der Waals surface area contributed by atoms with Crippen LogP contribution in [0.2, 0.25) is 0 Å². The van der Waals surface area contributed by atoms with Crippen molar-refractivity contribution < 1.29 is 9.21 Å². The molecule has 3 aromatic rings. The molecule has 5 nitrogen and oxygen atoms in total. The van der Waals surface area contributed by atoms with Gasteiger partial charge in [-0.2, -0.15) is 11.8 Å². The highest BCUT2D eigenvalue weighted by Crippen LogP contribution is 2.38. The summed E-state index contributed by atoms with van der Waals surface area (Å²) < 4.78 is 7.78. The highest BCUT2D eigenvalue weighted by Gasteiger charge is 2.29. The molecular weight excluding hydrogens is 402 g/mol. The summed E-state index contributed by atoms with van der Waals surface area (Å²) >= 11 is 3.71. The van der Waals surface area contributed by atoms with Gasteiger partial charge in [0.1, 0.15) is 10.8 Å². The lowest BCUT2D eigenvalue weighted by atomic mass is 10.1. The molecule has 0 bridgehead atoms. The van der Waals surface area contributed by atoms with E-state index in [2.05, 4.69) is 14.8 Å². The largest absolute Gasteiger partial charge is 0.468 e. The van der Waals surface area contributed by atoms with Gasteiger partial charge in [-0.15, -0.1) is 11.3 Å². The number of nitrogens with one attached hydrogen (secondary N) is 1. The standard InChI is InChI=1S/C22H25N3O2S2/c26-21(23-14-17(18-6-5-12-27-18)24-8-1-2-9-24)20-16-7-13-28-15-19(16)29-22(20)25-10-3-4-11-25/h3-6,10-12,17H,1-2,7-9,13-15H2,(H,23,26)/t17-/m1/s1. The Morgan fingerprint density at radius 1 is 1.21 bits per heavy atom. The number of rotatable bonds is 6. The van der Waals surface area contributed by atoms with Crippen LogP contribution in [0.5, 0.6) is 0 Å². The van der Waals surface area contributed by atoms with Gasteiger partial charge in [-0.25, -0.2) is 0 Å². The van der Waals surface area contributed by atoms with E-state index in [9.17, 15) is 4.79 Å². The van der Waals surface area contributed by atoms with Gasteiger partial charge in [-0.05, 0) is 67.9 Å². The molecule has 1 fully saturated rings. The van der Waals surface area contributed by atoms with Gasteiger partial charge in [0.15, 0.2) is 0 Å². The minimum Gasteiger partial charge on any atom is -0.468 e. The molecular formula is C22H25N3O2S2. The SMILES string of the molecule is O=C(NC[C@H](c1ccco1)N1CCCC1)c1c(-n2cccc2)sc2c1CCSC2. The number of likely N-dealkylation sites (tertiary alicyclic amines) is 1. The molecule has 2 aliphatic heterocycles. The van der Waals surface area contributed by atoms with E-state index in [4.69, 9.17) is 4.42 Å². The zero-order valence-electron chi connectivity index (χ0n) is 16.3. The fraction of sp³-hybridized carbons (Fsp3) is 0.409. The Bertz CT molecular complexity index is 957. The first kappa shape index (κ1) is 19.0. The van der Waals surface area contributed by atoms with Crippen molar-refractivity contribution in [2.75, 3.05) is 25.4 Å². The van der Waals surface area contributed by atoms with Gasteiger partial charge in [-0.3, -0.25) is 9.69 Å². The molecule has 29 heavy (non-hydrogen) atoms. The van der Waals surface area contributed by atoms with Gasteiger partial charge in [-0.1, -0.05) is 0 Å². The van der Waals surface area contributed by atoms with E-state index >= 15 is 0 Å². The van der Waals surface area contributed by atoms with E-state index < -0.39 is 0 Å². The lowest BCUT2D eigenvalue weighted by Gasteiger charge is -2.26. The Kier molecular flexibility index (Phi) is 5.52. The summed E-state index contributed by atoms with van der Waals surface area (Å²) in [5, 5.41) is 4.29. The van der Waals surface area contributed by atoms with Crippen molar-refractivity contribution in [1.29, 1.82) is 0 Å². The second-order valence-electron chi connectivity index (χ2n) is 7.56. The summed E-state index contributed by atoms with van der Waals surface area (Å²) in [6.45, 7) is 2.68. The third kappa shape index (κ3) is 3.79. The Hall–Kier alpha value is -1.96. The van der Waals surface area contributed by atoms with Gasteiger partial charge in [0.05, 0.1) is 17.9 Å². The maximum absolute atomic E-state index is 13.4. The first-order chi connectivity index (χ1) is 14.3. The number of aromatic nitrogens is 1. The number of thioether (sulfide) groups is 1. The topological polar surface area (TPSA) is 50.4 Å². The van der Waals surface area contributed by atoms with Crippen molar-refractivity contribution in [1.82, 2.24) is 14.8 Å². The van der Waals surface area contributed by atoms with Crippen molar-refractivity contribution in [2.45, 2.75) is 31.1 Å². The van der Waals surface area contributed by atoms with Gasteiger partial charge >= 0.3 is 0 Å². The molecule has 5 rings (SSSR count). The Morgan fingerprint density at radius 2 is 2.03 bits per heavy atom. The van der Waals surface area contributed by atoms with Crippen LogP contribution in [0.25, 0.3) is 5.00 Å². The quantitative estimate of drug-likeness (QED) is 0.630. The van der Waals surface area contributed by atoms with Crippen LogP contribution < -0.4 is 5.32 Å². The van der Waals surface area contributed by atoms with E-state index in [1.807, 2.05) is 48.4 Å². The summed E-state index contributed by atoms with van der Waals surface area (Å²) in [6.07, 6.45) is 9.15. The molecule has 1 amide bonds. The van der Waals surface area contributed by atoms with E-state index in [1.165, 1.54) is 23.3 Å². The molecule has 3 aromatic heterocycles. The summed E-state index contributed by atoms with van der Waals surface area (Å²) in [4.78, 5) is 17.2. The van der Waals surface area contributed by atoms with Crippen LogP contribution in [-0.2, 0) is 12.2 Å². The van der Waals surface area contributed by atoms with Crippen LogP contribution in [0.1, 0.15) is 45.4 Å². The minimum atomic E-state index is 0.0360. The predicted octanol–water partition coefficient (Wildman–Crippen LogP) is 4.49. The van der Waals surface area contributed by atoms with E-state index in [1.54, 1.807) is 17.6 Å². The number of hydrogen-bond acceptors (Lipinski definition) is 5. The number of thiophene rings is 1. The second kappa shape index (κ2) is 8.42. The number of nitrogens with zero attached hydrogens (tertiary/aromatic N) is 2. The molecule has 2 aliphatic rings. The molecule has 0 unspecified atom stereocenters. The number of amides is 1. The second-order valence-corrected chi connectivity index (χ2v) is 9.75. The molecule has 7 heteroatoms. The summed E-state index contributed by atoms with van der Waals surface area (Å²) in [5.74, 6) is 3.05. The summed E-state index contributed by atoms with van der Waals surface area (Å²) in [6, 6.07) is 8.06. The van der Waals surface area contributed by atoms with Crippen molar-refractivity contribution in [3.05, 3.63) is 64.7 Å². The molecule has 152 valence electrons. The van der Waals surface area contributed by atoms with Crippen LogP contribution in [0.15, 0.2) is 47.3 Å². The molecule has 1 atom stereocenters. The van der Waals surface area contributed by atoms with Crippen LogP contribution in [0.3, 0.4) is 0 Å². The third-order valence-corrected chi connectivity index (χ3v) is 8.19. The zero-order valence-corrected chi connectivity index (χ0v) is 17.9. The van der Waals surface area contributed by atoms with Crippen LogP contribution in [0.4, 0.5) is 0 Å². The van der Waals surface area contributed by atoms with Crippen molar-refractivity contribution in [3.8, 4) is 5.00 Å². The Morgan fingerprint density at radius 3 is 2.79 bits per heavy atom. The molecule has 5 heterocycles. The van der Waals surface area contributed by atoms with E-state index in [0.717, 1.165) is 47.3 Å². The number of carbonyl (C=O) groups is 1. The molecule has 1 N–H and O–H groups in total. The van der Waals surface area contributed by atoms with E-state index in [0.29, 0.717) is 6.54 Å². The minimum absolute atomic E-state index is 0.0360. The number of fused-ring (bicyclic) bond motifs is 1. The predicted molar refractivity (Wildman–Crippen MR) is 118 cm³/mol. The molecule has 0 radical (unpaired) electrons. The van der Waals surface area contributed by atoms with Crippen molar-refractivity contribution in [3.63, 3.8) is 0 Å². The molecule has 0 saturated carbocycles. The summed E-state index contributed by atoms with van der Waals surface area (Å²) in [7, 11) is 0. The fourth-order valence-electron chi connectivity index (χ4n) is 4.33. The van der Waals surface area contributed by atoms with Crippen LogP contribution in [-0.4, -0.2) is 40.8 Å². The Labute approximate surface area is 179 Å². The third-order valence-electron chi connectivity index (χ3n) is 5.78. The van der Waals surface area contributed by atoms with Gasteiger partial charge in [0.25, 0.3) is 5.91 Å². The monoisotopic (exact) mass is 427 g/mol. The smallest absolute Gasteiger partial charge is 0.254 e. The highest BCUT2D eigenvalue weighted by atomic mass is 32.2. The average Bonchev–Trinajstić information content (AvgIpc) is 3.55. The molecule has 0 aromatic carbocycles. The Balaban J connectivity index is 1.41. The first-order valence-electron chi connectivity index (χ1n) is 10.2. The van der Waals surface area contributed by atoms with Crippen LogP contribution in [0, 0.1) is 0 Å². The van der Waals surface area contributed by atoms with Crippen LogP contribution >= 0.6 is 23.1 Å². The van der Waals surface area contributed by atoms with Gasteiger partial charge < -0.3 is 14.3 Å².